The highest BCUT2D eigenvalue weighted by Gasteiger charge is 2.34. The van der Waals surface area contributed by atoms with Crippen LogP contribution in [0.4, 0.5) is 18.9 Å². The number of ether oxygens (including phenoxy) is 2. The smallest absolute Gasteiger partial charge is 0.389 e. The molecule has 214 valence electrons. The Labute approximate surface area is 226 Å². The summed E-state index contributed by atoms with van der Waals surface area (Å²) in [4.78, 5) is 29.3. The summed E-state index contributed by atoms with van der Waals surface area (Å²) in [6.07, 6.45) is -6.73. The van der Waals surface area contributed by atoms with Crippen LogP contribution in [-0.2, 0) is 11.3 Å². The van der Waals surface area contributed by atoms with Crippen molar-refractivity contribution in [2.45, 2.75) is 51.6 Å². The van der Waals surface area contributed by atoms with Gasteiger partial charge in [0.25, 0.3) is 5.91 Å². The second-order valence-corrected chi connectivity index (χ2v) is 10.0. The van der Waals surface area contributed by atoms with Gasteiger partial charge in [-0.25, -0.2) is 0 Å². The van der Waals surface area contributed by atoms with Gasteiger partial charge in [0.15, 0.2) is 0 Å². The van der Waals surface area contributed by atoms with Gasteiger partial charge in [0, 0.05) is 37.7 Å². The minimum atomic E-state index is -4.44. The summed E-state index contributed by atoms with van der Waals surface area (Å²) in [7, 11) is 3.58. The number of methoxy groups -OCH3 is 1. The van der Waals surface area contributed by atoms with Crippen LogP contribution in [0, 0.1) is 5.92 Å². The minimum absolute atomic E-state index is 0.0869. The van der Waals surface area contributed by atoms with E-state index in [4.69, 9.17) is 9.47 Å². The quantitative estimate of drug-likeness (QED) is 0.457. The molecule has 0 saturated carbocycles. The van der Waals surface area contributed by atoms with Crippen molar-refractivity contribution in [3.8, 4) is 11.5 Å². The maximum absolute atomic E-state index is 13.5. The van der Waals surface area contributed by atoms with Crippen LogP contribution in [0.25, 0.3) is 0 Å². The number of aliphatic hydroxyl groups excluding tert-OH is 1. The average molecular weight is 552 g/mol. The number of alkyl halides is 3. The van der Waals surface area contributed by atoms with Crippen molar-refractivity contribution >= 4 is 17.5 Å². The number of fused-ring (bicyclic) bond motifs is 1. The van der Waals surface area contributed by atoms with Crippen molar-refractivity contribution in [1.29, 1.82) is 0 Å². The predicted octanol–water partition coefficient (Wildman–Crippen LogP) is 4.33. The van der Waals surface area contributed by atoms with E-state index in [0.29, 0.717) is 25.4 Å². The van der Waals surface area contributed by atoms with E-state index in [1.807, 2.05) is 38.2 Å². The molecule has 0 aromatic heterocycles. The molecule has 0 bridgehead atoms. The van der Waals surface area contributed by atoms with Gasteiger partial charge in [-0.1, -0.05) is 19.1 Å². The standard InChI is InChI=1S/C28H36F3N3O5/c1-18-14-34(19(2)17-35)27(37)23-13-21(32-26(36)11-12-28(29,30)31)7-10-24(23)39-25(18)16-33(3)15-20-5-8-22(38-4)9-6-20/h5-10,13,18-19,25,35H,11-12,14-17H2,1-4H3,(H,32,36)/t18-,19-,25+/m1/s1. The first-order valence-corrected chi connectivity index (χ1v) is 12.8. The normalized spacial score (nSPS) is 18.6. The topological polar surface area (TPSA) is 91.3 Å². The molecular formula is C28H36F3N3O5. The Bertz CT molecular complexity index is 1130. The average Bonchev–Trinajstić information content (AvgIpc) is 2.89. The second kappa shape index (κ2) is 13.2. The number of halogens is 3. The van der Waals surface area contributed by atoms with Crippen molar-refractivity contribution in [2.75, 3.05) is 39.2 Å². The molecule has 2 amide bonds. The van der Waals surface area contributed by atoms with Gasteiger partial charge in [0.1, 0.15) is 17.6 Å². The molecule has 0 radical (unpaired) electrons. The highest BCUT2D eigenvalue weighted by Crippen LogP contribution is 2.31. The van der Waals surface area contributed by atoms with Crippen LogP contribution in [0.2, 0.25) is 0 Å². The molecule has 2 aromatic carbocycles. The molecule has 2 N–H and O–H groups in total. The number of nitrogens with one attached hydrogen (secondary N) is 1. The summed E-state index contributed by atoms with van der Waals surface area (Å²) in [6, 6.07) is 11.7. The lowest BCUT2D eigenvalue weighted by Gasteiger charge is -2.38. The SMILES string of the molecule is COc1ccc(CN(C)C[C@@H]2Oc3ccc(NC(=O)CCC(F)(F)F)cc3C(=O)N([C@H](C)CO)C[C@H]2C)cc1. The molecule has 2 aromatic rings. The van der Waals surface area contributed by atoms with E-state index in [-0.39, 0.29) is 29.9 Å². The summed E-state index contributed by atoms with van der Waals surface area (Å²) in [5.74, 6) is -0.212. The number of aliphatic hydroxyl groups is 1. The van der Waals surface area contributed by atoms with Gasteiger partial charge in [-0.3, -0.25) is 14.5 Å². The van der Waals surface area contributed by atoms with Gasteiger partial charge >= 0.3 is 6.18 Å². The number of likely N-dealkylation sites (N-methyl/N-ethyl adjacent to an activating group) is 1. The zero-order chi connectivity index (χ0) is 28.7. The third kappa shape index (κ3) is 8.59. The Balaban J connectivity index is 1.82. The van der Waals surface area contributed by atoms with Crippen LogP contribution in [-0.4, -0.2) is 78.9 Å². The highest BCUT2D eigenvalue weighted by molar-refractivity contribution is 5.99. The van der Waals surface area contributed by atoms with Gasteiger partial charge in [0.05, 0.1) is 31.7 Å². The molecule has 8 nitrogen and oxygen atoms in total. The first kappa shape index (κ1) is 30.2. The van der Waals surface area contributed by atoms with Crippen LogP contribution in [0.3, 0.4) is 0 Å². The second-order valence-electron chi connectivity index (χ2n) is 10.0. The van der Waals surface area contributed by atoms with Crippen molar-refractivity contribution in [2.24, 2.45) is 5.92 Å². The van der Waals surface area contributed by atoms with Crippen LogP contribution >= 0.6 is 0 Å². The molecule has 1 heterocycles. The molecule has 1 aliphatic heterocycles. The van der Waals surface area contributed by atoms with E-state index in [1.54, 1.807) is 25.0 Å². The number of anilines is 1. The summed E-state index contributed by atoms with van der Waals surface area (Å²) in [6.45, 7) is 4.99. The van der Waals surface area contributed by atoms with Gasteiger partial charge in [-0.2, -0.15) is 13.2 Å². The Hall–Kier alpha value is -3.31. The summed E-state index contributed by atoms with van der Waals surface area (Å²) < 4.78 is 49.1. The van der Waals surface area contributed by atoms with E-state index >= 15 is 0 Å². The first-order chi connectivity index (χ1) is 18.4. The molecule has 0 spiro atoms. The van der Waals surface area contributed by atoms with Crippen molar-refractivity contribution < 1.29 is 37.3 Å². The number of nitrogens with zero attached hydrogens (tertiary/aromatic N) is 2. The van der Waals surface area contributed by atoms with Crippen LogP contribution in [0.5, 0.6) is 11.5 Å². The largest absolute Gasteiger partial charge is 0.497 e. The molecule has 3 rings (SSSR count). The first-order valence-electron chi connectivity index (χ1n) is 12.8. The van der Waals surface area contributed by atoms with Crippen molar-refractivity contribution in [1.82, 2.24) is 9.80 Å². The zero-order valence-electron chi connectivity index (χ0n) is 22.6. The summed E-state index contributed by atoms with van der Waals surface area (Å²) in [5, 5.41) is 12.3. The van der Waals surface area contributed by atoms with Gasteiger partial charge in [-0.15, -0.1) is 0 Å². The van der Waals surface area contributed by atoms with Gasteiger partial charge in [-0.05, 0) is 49.9 Å². The number of carbonyl (C=O) groups is 2. The lowest BCUT2D eigenvalue weighted by Crippen LogP contribution is -2.49. The number of rotatable bonds is 10. The summed E-state index contributed by atoms with van der Waals surface area (Å²) >= 11 is 0. The molecular weight excluding hydrogens is 515 g/mol. The third-order valence-electron chi connectivity index (χ3n) is 6.69. The molecule has 0 aliphatic carbocycles. The third-order valence-corrected chi connectivity index (χ3v) is 6.69. The zero-order valence-corrected chi connectivity index (χ0v) is 22.6. The molecule has 39 heavy (non-hydrogen) atoms. The molecule has 0 fully saturated rings. The predicted molar refractivity (Wildman–Crippen MR) is 141 cm³/mol. The van der Waals surface area contributed by atoms with E-state index in [2.05, 4.69) is 10.2 Å². The fourth-order valence-electron chi connectivity index (χ4n) is 4.41. The highest BCUT2D eigenvalue weighted by atomic mass is 19.4. The number of carbonyl (C=O) groups excluding carboxylic acids is 2. The van der Waals surface area contributed by atoms with Gasteiger partial charge < -0.3 is 24.8 Å². The number of amides is 2. The fourth-order valence-corrected chi connectivity index (χ4v) is 4.41. The molecule has 0 unspecified atom stereocenters. The van der Waals surface area contributed by atoms with E-state index < -0.39 is 36.9 Å². The summed E-state index contributed by atoms with van der Waals surface area (Å²) in [5.41, 5.74) is 1.45. The molecule has 11 heteroatoms. The Morgan fingerprint density at radius 1 is 1.26 bits per heavy atom. The molecule has 3 atom stereocenters. The maximum atomic E-state index is 13.5. The molecule has 1 aliphatic rings. The van der Waals surface area contributed by atoms with Crippen LogP contribution < -0.4 is 14.8 Å². The minimum Gasteiger partial charge on any atom is -0.497 e. The van der Waals surface area contributed by atoms with E-state index in [1.165, 1.54) is 12.1 Å². The Morgan fingerprint density at radius 2 is 1.95 bits per heavy atom. The van der Waals surface area contributed by atoms with Gasteiger partial charge in [0.2, 0.25) is 5.91 Å². The Kier molecular flexibility index (Phi) is 10.2. The Morgan fingerprint density at radius 3 is 2.56 bits per heavy atom. The monoisotopic (exact) mass is 551 g/mol. The van der Waals surface area contributed by atoms with Crippen LogP contribution in [0.1, 0.15) is 42.6 Å². The number of hydrogen-bond acceptors (Lipinski definition) is 6. The van der Waals surface area contributed by atoms with E-state index in [0.717, 1.165) is 11.3 Å². The lowest BCUT2D eigenvalue weighted by atomic mass is 9.99. The molecule has 0 saturated heterocycles. The maximum Gasteiger partial charge on any atom is 0.389 e. The van der Waals surface area contributed by atoms with Crippen LogP contribution in [0.15, 0.2) is 42.5 Å². The van der Waals surface area contributed by atoms with Crippen molar-refractivity contribution in [3.05, 3.63) is 53.6 Å². The van der Waals surface area contributed by atoms with Crippen molar-refractivity contribution in [3.63, 3.8) is 0 Å². The number of hydrogen-bond donors (Lipinski definition) is 2. The lowest BCUT2D eigenvalue weighted by molar-refractivity contribution is -0.142. The number of benzene rings is 2. The fraction of sp³-hybridized carbons (Fsp3) is 0.500. The van der Waals surface area contributed by atoms with E-state index in [9.17, 15) is 27.9 Å².